The Morgan fingerprint density at radius 2 is 1.56 bits per heavy atom. The summed E-state index contributed by atoms with van der Waals surface area (Å²) in [6.45, 7) is 15.1. The average molecular weight is 443 g/mol. The van der Waals surface area contributed by atoms with Gasteiger partial charge in [-0.25, -0.2) is 0 Å². The van der Waals surface area contributed by atoms with Crippen molar-refractivity contribution < 1.29 is 44.0 Å². The molecule has 0 saturated heterocycles. The van der Waals surface area contributed by atoms with Gasteiger partial charge in [0.25, 0.3) is 0 Å². The second-order valence-electron chi connectivity index (χ2n) is 8.91. The van der Waals surface area contributed by atoms with Gasteiger partial charge < -0.3 is 24.8 Å². The molecule has 0 aromatic heterocycles. The minimum Gasteiger partial charge on any atom is -1.00 e. The van der Waals surface area contributed by atoms with Gasteiger partial charge in [0.2, 0.25) is 0 Å². The summed E-state index contributed by atoms with van der Waals surface area (Å²) in [4.78, 5) is 0. The van der Waals surface area contributed by atoms with Gasteiger partial charge in [-0.05, 0) is 0 Å². The molecule has 134 valence electrons. The summed E-state index contributed by atoms with van der Waals surface area (Å²) in [6.07, 6.45) is 12.7. The summed E-state index contributed by atoms with van der Waals surface area (Å²) in [5.41, 5.74) is 3.02. The smallest absolute Gasteiger partial charge is 1.00 e. The van der Waals surface area contributed by atoms with Gasteiger partial charge >= 0.3 is 153 Å². The third-order valence-electron chi connectivity index (χ3n) is 5.21. The van der Waals surface area contributed by atoms with E-state index in [2.05, 4.69) is 93.9 Å². The fourth-order valence-corrected chi connectivity index (χ4v) is 11.7. The molecule has 5 heteroatoms. The third-order valence-corrected chi connectivity index (χ3v) is 16.7. The maximum atomic E-state index is 2.74. The summed E-state index contributed by atoms with van der Waals surface area (Å²) in [6, 6.07) is 8.99. The Morgan fingerprint density at radius 3 is 2.12 bits per heavy atom. The van der Waals surface area contributed by atoms with Crippen molar-refractivity contribution >= 4 is 22.2 Å². The van der Waals surface area contributed by atoms with Gasteiger partial charge in [0.1, 0.15) is 0 Å². The maximum Gasteiger partial charge on any atom is -1.00 e. The van der Waals surface area contributed by atoms with Gasteiger partial charge in [-0.3, -0.25) is 0 Å². The largest absolute Gasteiger partial charge is 1.00 e. The van der Waals surface area contributed by atoms with Crippen LogP contribution in [0.5, 0.6) is 0 Å². The van der Waals surface area contributed by atoms with Gasteiger partial charge in [-0.2, -0.15) is 0 Å². The number of allylic oxidation sites excluding steroid dienone is 5. The molecule has 0 fully saturated rings. The minimum absolute atomic E-state index is 0. The van der Waals surface area contributed by atoms with Crippen molar-refractivity contribution in [2.75, 3.05) is 0 Å². The van der Waals surface area contributed by atoms with Crippen LogP contribution < -0.4 is 24.8 Å². The maximum absolute atomic E-state index is 2.74. The van der Waals surface area contributed by atoms with E-state index in [1.807, 2.05) is 0 Å². The van der Waals surface area contributed by atoms with Crippen molar-refractivity contribution in [3.05, 3.63) is 64.9 Å². The van der Waals surface area contributed by atoms with Crippen LogP contribution in [0.15, 0.2) is 53.8 Å². The Hall–Kier alpha value is 0.168. The molecular formula is C20H28Cl2Si2Ti. The van der Waals surface area contributed by atoms with Crippen LogP contribution in [-0.4, -0.2) is 16.1 Å². The molecule has 3 rings (SSSR count). The molecule has 0 spiro atoms. The molecule has 0 saturated carbocycles. The second kappa shape index (κ2) is 8.04. The van der Waals surface area contributed by atoms with E-state index in [4.69, 9.17) is 0 Å². The quantitative estimate of drug-likeness (QED) is 0.586. The zero-order valence-corrected chi connectivity index (χ0v) is 21.1. The Labute approximate surface area is 177 Å². The topological polar surface area (TPSA) is 0 Å². The summed E-state index contributed by atoms with van der Waals surface area (Å²) < 4.78 is 1.12. The van der Waals surface area contributed by atoms with Gasteiger partial charge in [-0.1, -0.05) is 0 Å². The number of benzene rings is 1. The predicted octanol–water partition coefficient (Wildman–Crippen LogP) is 0.255. The first kappa shape index (κ1) is 23.2. The van der Waals surface area contributed by atoms with E-state index in [1.165, 1.54) is 5.56 Å². The molecule has 1 aromatic carbocycles. The van der Waals surface area contributed by atoms with Crippen LogP contribution in [0.3, 0.4) is 0 Å². The molecule has 0 amide bonds. The molecule has 0 nitrogen and oxygen atoms in total. The molecule has 2 aliphatic rings. The predicted molar refractivity (Wildman–Crippen MR) is 105 cm³/mol. The van der Waals surface area contributed by atoms with E-state index >= 15 is 0 Å². The Morgan fingerprint density at radius 1 is 0.920 bits per heavy atom. The van der Waals surface area contributed by atoms with Crippen LogP contribution in [0.2, 0.25) is 42.6 Å². The molecule has 2 unspecified atom stereocenters. The van der Waals surface area contributed by atoms with Crippen LogP contribution in [0.25, 0.3) is 6.08 Å². The summed E-state index contributed by atoms with van der Waals surface area (Å²) in [7, 11) is -2.52. The summed E-state index contributed by atoms with van der Waals surface area (Å²) >= 11 is -0.157. The molecule has 2 aliphatic carbocycles. The fourth-order valence-electron chi connectivity index (χ4n) is 3.43. The van der Waals surface area contributed by atoms with Crippen molar-refractivity contribution in [3.63, 3.8) is 0 Å². The first-order chi connectivity index (χ1) is 10.6. The molecular weight excluding hydrogens is 415 g/mol. The zero-order valence-electron chi connectivity index (χ0n) is 16.0. The molecule has 0 bridgehead atoms. The Balaban J connectivity index is 0.00000156. The van der Waals surface area contributed by atoms with Crippen molar-refractivity contribution in [2.45, 2.75) is 46.8 Å². The Kier molecular flexibility index (Phi) is 7.46. The van der Waals surface area contributed by atoms with E-state index in [-0.39, 0.29) is 44.0 Å². The van der Waals surface area contributed by atoms with Crippen molar-refractivity contribution in [1.29, 1.82) is 0 Å². The van der Waals surface area contributed by atoms with E-state index in [1.54, 1.807) is 10.8 Å². The van der Waals surface area contributed by atoms with E-state index in [9.17, 15) is 0 Å². The van der Waals surface area contributed by atoms with Crippen LogP contribution in [0.4, 0.5) is 0 Å². The van der Waals surface area contributed by atoms with Gasteiger partial charge in [0.05, 0.1) is 0 Å². The number of fused-ring (bicyclic) bond motifs is 1. The van der Waals surface area contributed by atoms with Crippen LogP contribution in [0.1, 0.15) is 15.3 Å². The van der Waals surface area contributed by atoms with Gasteiger partial charge in [0, 0.05) is 0 Å². The van der Waals surface area contributed by atoms with E-state index < -0.39 is 16.1 Å². The number of rotatable bonds is 4. The number of hydrogen-bond acceptors (Lipinski definition) is 0. The molecule has 0 heterocycles. The van der Waals surface area contributed by atoms with Crippen molar-refractivity contribution in [2.24, 2.45) is 0 Å². The second-order valence-corrected chi connectivity index (χ2v) is 22.8. The SMILES string of the molecule is C[Si](C)(C)C1=C[C]([Ti+2][CH]2C=Cc3ccccc32)([Si](C)(C)C)C=C1.[Cl-].[Cl-]. The van der Waals surface area contributed by atoms with E-state index in [0.717, 1.165) is 0 Å². The van der Waals surface area contributed by atoms with Crippen LogP contribution in [-0.2, 0) is 19.2 Å². The average Bonchev–Trinajstić information content (AvgIpc) is 3.04. The Bertz CT molecular complexity index is 711. The minimum atomic E-state index is -1.30. The van der Waals surface area contributed by atoms with E-state index in [0.29, 0.717) is 7.57 Å². The fraction of sp³-hybridized carbons (Fsp3) is 0.400. The van der Waals surface area contributed by atoms with Crippen LogP contribution >= 0.6 is 0 Å². The van der Waals surface area contributed by atoms with Gasteiger partial charge in [0.15, 0.2) is 0 Å². The zero-order chi connectivity index (χ0) is 16.9. The monoisotopic (exact) mass is 442 g/mol. The van der Waals surface area contributed by atoms with Crippen LogP contribution in [0, 0.1) is 0 Å². The standard InChI is InChI=1S/C11H21Si2.C9H7.2ClH.Ti/c1-12(2,3)10-7-8-11(9-10)13(4,5)6;1-2-5-9-7-3-6-8(9)4-1;;;/h7-9H,1-6H3;1-7H;2*1H;/q;;;;+2/p-2. The summed E-state index contributed by atoms with van der Waals surface area (Å²) in [5.74, 6) is 0. The number of hydrogen-bond donors (Lipinski definition) is 0. The van der Waals surface area contributed by atoms with Crippen molar-refractivity contribution in [3.8, 4) is 0 Å². The molecule has 25 heavy (non-hydrogen) atoms. The molecule has 0 aliphatic heterocycles. The third kappa shape index (κ3) is 4.54. The normalized spacial score (nSPS) is 24.1. The van der Waals surface area contributed by atoms with Crippen molar-refractivity contribution in [1.82, 2.24) is 0 Å². The first-order valence-corrected chi connectivity index (χ1v) is 17.3. The first-order valence-electron chi connectivity index (χ1n) is 8.60. The number of halogens is 2. The molecule has 0 N–H and O–H groups in total. The molecule has 0 radical (unpaired) electrons. The molecule has 2 atom stereocenters. The molecule has 1 aromatic rings. The van der Waals surface area contributed by atoms with Gasteiger partial charge in [-0.15, -0.1) is 0 Å². The summed E-state index contributed by atoms with van der Waals surface area (Å²) in [5, 5.41) is 1.68.